The van der Waals surface area contributed by atoms with E-state index in [4.69, 9.17) is 0 Å². The molecule has 0 aromatic heterocycles. The Bertz CT molecular complexity index is 288. The zero-order valence-corrected chi connectivity index (χ0v) is 15.1. The summed E-state index contributed by atoms with van der Waals surface area (Å²) in [5, 5.41) is 0. The molecule has 2 saturated carbocycles. The average Bonchev–Trinajstić information content (AvgIpc) is 2.55. The van der Waals surface area contributed by atoms with Gasteiger partial charge >= 0.3 is 0 Å². The summed E-state index contributed by atoms with van der Waals surface area (Å²) in [4.78, 5) is 0. The van der Waals surface area contributed by atoms with Crippen LogP contribution in [-0.2, 0) is 0 Å². The number of hydrogen-bond donors (Lipinski definition) is 0. The lowest BCUT2D eigenvalue weighted by Gasteiger charge is -2.28. The molecule has 0 radical (unpaired) electrons. The second-order valence-electron chi connectivity index (χ2n) is 7.90. The van der Waals surface area contributed by atoms with Crippen LogP contribution in [0.2, 0.25) is 0 Å². The van der Waals surface area contributed by atoms with Gasteiger partial charge in [0.25, 0.3) is 0 Å². The van der Waals surface area contributed by atoms with Gasteiger partial charge in [-0.15, -0.1) is 0 Å². The first-order chi connectivity index (χ1) is 10.8. The van der Waals surface area contributed by atoms with Crippen molar-refractivity contribution in [3.05, 3.63) is 24.3 Å². The van der Waals surface area contributed by atoms with Gasteiger partial charge in [-0.25, -0.2) is 0 Å². The topological polar surface area (TPSA) is 0 Å². The summed E-state index contributed by atoms with van der Waals surface area (Å²) in [6, 6.07) is 0. The van der Waals surface area contributed by atoms with E-state index in [1.54, 1.807) is 0 Å². The molecule has 0 amide bonds. The van der Waals surface area contributed by atoms with E-state index in [2.05, 4.69) is 38.2 Å². The molecule has 0 aliphatic heterocycles. The van der Waals surface area contributed by atoms with Crippen molar-refractivity contribution in [3.8, 4) is 0 Å². The number of rotatable bonds is 7. The predicted molar refractivity (Wildman–Crippen MR) is 99.0 cm³/mol. The van der Waals surface area contributed by atoms with Gasteiger partial charge in [-0.3, -0.25) is 0 Å². The fourth-order valence-corrected chi connectivity index (χ4v) is 4.75. The molecule has 0 N–H and O–H groups in total. The SMILES string of the molecule is C/C=C/C1CCC(CCCCC2CCC(/C=C/C)CC2)CC1. The summed E-state index contributed by atoms with van der Waals surface area (Å²) in [5.41, 5.74) is 0. The Morgan fingerprint density at radius 2 is 0.955 bits per heavy atom. The standard InChI is InChI=1S/C22H38/c1-3-7-19-11-15-21(16-12-19)9-5-6-10-22-17-13-20(8-4-2)14-18-22/h3-4,7-8,19-22H,5-6,9-18H2,1-2H3/b7-3+,8-4+. The second kappa shape index (κ2) is 10.3. The van der Waals surface area contributed by atoms with Crippen molar-refractivity contribution < 1.29 is 0 Å². The molecular formula is C22H38. The second-order valence-corrected chi connectivity index (χ2v) is 7.90. The van der Waals surface area contributed by atoms with Crippen LogP contribution in [0.1, 0.15) is 90.9 Å². The summed E-state index contributed by atoms with van der Waals surface area (Å²) in [7, 11) is 0. The smallest absolute Gasteiger partial charge is 0.0233 e. The molecule has 2 fully saturated rings. The van der Waals surface area contributed by atoms with Crippen molar-refractivity contribution >= 4 is 0 Å². The Morgan fingerprint density at radius 3 is 1.27 bits per heavy atom. The Hall–Kier alpha value is -0.520. The normalized spacial score (nSPS) is 33.7. The average molecular weight is 303 g/mol. The largest absolute Gasteiger partial charge is 0.0914 e. The van der Waals surface area contributed by atoms with Crippen molar-refractivity contribution in [2.75, 3.05) is 0 Å². The highest BCUT2D eigenvalue weighted by Gasteiger charge is 2.20. The molecule has 0 aromatic carbocycles. The molecule has 0 nitrogen and oxygen atoms in total. The fourth-order valence-electron chi connectivity index (χ4n) is 4.75. The third-order valence-electron chi connectivity index (χ3n) is 6.19. The van der Waals surface area contributed by atoms with Crippen LogP contribution >= 0.6 is 0 Å². The zero-order chi connectivity index (χ0) is 15.6. The van der Waals surface area contributed by atoms with Crippen LogP contribution in [0, 0.1) is 23.7 Å². The van der Waals surface area contributed by atoms with Crippen LogP contribution in [0.3, 0.4) is 0 Å². The highest BCUT2D eigenvalue weighted by molar-refractivity contribution is 4.89. The Kier molecular flexibility index (Phi) is 8.34. The van der Waals surface area contributed by atoms with Crippen molar-refractivity contribution in [1.29, 1.82) is 0 Å². The highest BCUT2D eigenvalue weighted by atomic mass is 14.3. The first-order valence-electron chi connectivity index (χ1n) is 10.1. The molecule has 22 heavy (non-hydrogen) atoms. The summed E-state index contributed by atoms with van der Waals surface area (Å²) in [5.74, 6) is 3.89. The van der Waals surface area contributed by atoms with Crippen LogP contribution in [-0.4, -0.2) is 0 Å². The van der Waals surface area contributed by atoms with Gasteiger partial charge in [-0.2, -0.15) is 0 Å². The van der Waals surface area contributed by atoms with Crippen molar-refractivity contribution in [2.45, 2.75) is 90.9 Å². The molecule has 0 aromatic rings. The van der Waals surface area contributed by atoms with Gasteiger partial charge in [-0.05, 0) is 88.9 Å². The molecule has 0 saturated heterocycles. The van der Waals surface area contributed by atoms with Gasteiger partial charge in [0.15, 0.2) is 0 Å². The lowest BCUT2D eigenvalue weighted by molar-refractivity contribution is 0.268. The molecule has 0 unspecified atom stereocenters. The van der Waals surface area contributed by atoms with Gasteiger partial charge in [0, 0.05) is 0 Å². The molecule has 126 valence electrons. The van der Waals surface area contributed by atoms with E-state index in [0.717, 1.165) is 23.7 Å². The van der Waals surface area contributed by atoms with Crippen molar-refractivity contribution in [1.82, 2.24) is 0 Å². The third-order valence-corrected chi connectivity index (χ3v) is 6.19. The molecule has 0 heterocycles. The number of unbranched alkanes of at least 4 members (excludes halogenated alkanes) is 1. The Morgan fingerprint density at radius 1 is 0.591 bits per heavy atom. The minimum Gasteiger partial charge on any atom is -0.0914 e. The van der Waals surface area contributed by atoms with Crippen molar-refractivity contribution in [2.24, 2.45) is 23.7 Å². The molecule has 0 heteroatoms. The summed E-state index contributed by atoms with van der Waals surface area (Å²) < 4.78 is 0. The quantitative estimate of drug-likeness (QED) is 0.341. The first-order valence-corrected chi connectivity index (χ1v) is 10.1. The van der Waals surface area contributed by atoms with E-state index in [-0.39, 0.29) is 0 Å². The minimum absolute atomic E-state index is 0.897. The maximum absolute atomic E-state index is 2.43. The van der Waals surface area contributed by atoms with Gasteiger partial charge < -0.3 is 0 Å². The maximum atomic E-state index is 2.43. The van der Waals surface area contributed by atoms with Crippen LogP contribution in [0.15, 0.2) is 24.3 Å². The van der Waals surface area contributed by atoms with E-state index in [1.165, 1.54) is 77.0 Å². The predicted octanol–water partition coefficient (Wildman–Crippen LogP) is 7.31. The molecule has 2 aliphatic rings. The van der Waals surface area contributed by atoms with E-state index in [9.17, 15) is 0 Å². The highest BCUT2D eigenvalue weighted by Crippen LogP contribution is 2.35. The van der Waals surface area contributed by atoms with E-state index in [1.807, 2.05) is 0 Å². The zero-order valence-electron chi connectivity index (χ0n) is 15.1. The molecule has 0 spiro atoms. The van der Waals surface area contributed by atoms with Gasteiger partial charge in [0.1, 0.15) is 0 Å². The van der Waals surface area contributed by atoms with Crippen LogP contribution in [0.25, 0.3) is 0 Å². The van der Waals surface area contributed by atoms with Crippen LogP contribution < -0.4 is 0 Å². The van der Waals surface area contributed by atoms with E-state index >= 15 is 0 Å². The third kappa shape index (κ3) is 6.31. The van der Waals surface area contributed by atoms with Crippen LogP contribution in [0.4, 0.5) is 0 Å². The van der Waals surface area contributed by atoms with Crippen molar-refractivity contribution in [3.63, 3.8) is 0 Å². The van der Waals surface area contributed by atoms with Gasteiger partial charge in [0.05, 0.1) is 0 Å². The molecular weight excluding hydrogens is 264 g/mol. The first kappa shape index (κ1) is 17.8. The van der Waals surface area contributed by atoms with Gasteiger partial charge in [-0.1, -0.05) is 50.0 Å². The van der Waals surface area contributed by atoms with E-state index < -0.39 is 0 Å². The summed E-state index contributed by atoms with van der Waals surface area (Å²) >= 11 is 0. The molecule has 0 atom stereocenters. The number of hydrogen-bond acceptors (Lipinski definition) is 0. The van der Waals surface area contributed by atoms with Gasteiger partial charge in [0.2, 0.25) is 0 Å². The molecule has 2 rings (SSSR count). The lowest BCUT2D eigenvalue weighted by Crippen LogP contribution is -2.14. The monoisotopic (exact) mass is 302 g/mol. The minimum atomic E-state index is 0.897. The fraction of sp³-hybridized carbons (Fsp3) is 0.818. The molecule has 2 aliphatic carbocycles. The van der Waals surface area contributed by atoms with E-state index in [0.29, 0.717) is 0 Å². The molecule has 0 bridgehead atoms. The summed E-state index contributed by atoms with van der Waals surface area (Å²) in [6.45, 7) is 4.33. The number of allylic oxidation sites excluding steroid dienone is 4. The van der Waals surface area contributed by atoms with Crippen LogP contribution in [0.5, 0.6) is 0 Å². The lowest BCUT2D eigenvalue weighted by atomic mass is 9.78. The summed E-state index contributed by atoms with van der Waals surface area (Å²) in [6.07, 6.45) is 27.1. The Labute approximate surface area is 139 Å². The Balaban J connectivity index is 1.50. The maximum Gasteiger partial charge on any atom is -0.0233 e.